The summed E-state index contributed by atoms with van der Waals surface area (Å²) in [5, 5.41) is 5.30. The molecule has 3 aromatic heterocycles. The first-order valence-corrected chi connectivity index (χ1v) is 11.6. The van der Waals surface area contributed by atoms with Gasteiger partial charge in [-0.25, -0.2) is 18.7 Å². The Bertz CT molecular complexity index is 1480. The van der Waals surface area contributed by atoms with Gasteiger partial charge in [0.1, 0.15) is 17.1 Å². The van der Waals surface area contributed by atoms with E-state index in [2.05, 4.69) is 26.7 Å². The summed E-state index contributed by atoms with van der Waals surface area (Å²) in [6, 6.07) is 17.5. The molecule has 1 N–H and O–H groups in total. The standard InChI is InChI=1S/C25H22FN5O2S/c1-33-20-5-2-4-19(14-20)31-23-22(30(25(31)32)16-17-7-9-18(26)10-8-17)15-28-24(29-23)27-12-11-21-6-3-13-34-21/h2-10,13-15H,11-12,16H2,1H3,(H,27,28,29). The number of imidazole rings is 1. The Labute approximate surface area is 199 Å². The molecule has 9 heteroatoms. The van der Waals surface area contributed by atoms with Gasteiger partial charge in [-0.2, -0.15) is 4.98 Å². The van der Waals surface area contributed by atoms with E-state index in [1.807, 2.05) is 24.3 Å². The van der Waals surface area contributed by atoms with E-state index in [4.69, 9.17) is 4.74 Å². The van der Waals surface area contributed by atoms with Crippen LogP contribution in [0.2, 0.25) is 0 Å². The molecular formula is C25H22FN5O2S. The molecular weight excluding hydrogens is 453 g/mol. The first-order valence-electron chi connectivity index (χ1n) is 10.8. The molecule has 0 fully saturated rings. The Kier molecular flexibility index (Phi) is 6.09. The minimum Gasteiger partial charge on any atom is -0.497 e. The minimum atomic E-state index is -0.323. The fourth-order valence-corrected chi connectivity index (χ4v) is 4.49. The van der Waals surface area contributed by atoms with Gasteiger partial charge in [0.15, 0.2) is 5.65 Å². The van der Waals surface area contributed by atoms with E-state index in [9.17, 15) is 9.18 Å². The van der Waals surface area contributed by atoms with E-state index >= 15 is 0 Å². The molecule has 0 aliphatic carbocycles. The molecule has 34 heavy (non-hydrogen) atoms. The van der Waals surface area contributed by atoms with Gasteiger partial charge in [0, 0.05) is 17.5 Å². The first-order chi connectivity index (χ1) is 16.6. The van der Waals surface area contributed by atoms with Crippen LogP contribution in [0.15, 0.2) is 77.0 Å². The van der Waals surface area contributed by atoms with Gasteiger partial charge >= 0.3 is 5.69 Å². The Balaban J connectivity index is 1.56. The zero-order valence-corrected chi connectivity index (χ0v) is 19.3. The average molecular weight is 476 g/mol. The van der Waals surface area contributed by atoms with E-state index in [0.29, 0.717) is 35.1 Å². The lowest BCUT2D eigenvalue weighted by atomic mass is 10.2. The van der Waals surface area contributed by atoms with Crippen molar-refractivity contribution in [3.63, 3.8) is 0 Å². The first kappa shape index (κ1) is 21.8. The summed E-state index contributed by atoms with van der Waals surface area (Å²) < 4.78 is 21.9. The van der Waals surface area contributed by atoms with Gasteiger partial charge in [0.05, 0.1) is 25.5 Å². The zero-order chi connectivity index (χ0) is 23.5. The number of rotatable bonds is 8. The lowest BCUT2D eigenvalue weighted by Crippen LogP contribution is -2.23. The molecule has 172 valence electrons. The SMILES string of the molecule is COc1cccc(-n2c(=O)n(Cc3ccc(F)cc3)c3cnc(NCCc4cccs4)nc32)c1. The number of fused-ring (bicyclic) bond motifs is 1. The van der Waals surface area contributed by atoms with Crippen molar-refractivity contribution in [2.75, 3.05) is 19.0 Å². The third-order valence-electron chi connectivity index (χ3n) is 5.47. The van der Waals surface area contributed by atoms with E-state index in [0.717, 1.165) is 12.0 Å². The summed E-state index contributed by atoms with van der Waals surface area (Å²) in [5.74, 6) is 0.753. The number of ether oxygens (including phenoxy) is 1. The van der Waals surface area contributed by atoms with E-state index in [1.54, 1.807) is 52.0 Å². The Morgan fingerprint density at radius 2 is 1.97 bits per heavy atom. The number of nitrogens with zero attached hydrogens (tertiary/aromatic N) is 4. The molecule has 0 bridgehead atoms. The van der Waals surface area contributed by atoms with Crippen LogP contribution in [0.3, 0.4) is 0 Å². The number of halogens is 1. The Morgan fingerprint density at radius 1 is 1.12 bits per heavy atom. The van der Waals surface area contributed by atoms with Crippen molar-refractivity contribution in [2.24, 2.45) is 0 Å². The smallest absolute Gasteiger partial charge is 0.335 e. The summed E-state index contributed by atoms with van der Waals surface area (Å²) in [5.41, 5.74) is 2.23. The molecule has 3 heterocycles. The number of hydrogen-bond acceptors (Lipinski definition) is 6. The molecule has 0 aliphatic heterocycles. The second-order valence-electron chi connectivity index (χ2n) is 7.69. The maximum atomic E-state index is 13.6. The van der Waals surface area contributed by atoms with Crippen LogP contribution < -0.4 is 15.7 Å². The average Bonchev–Trinajstić information content (AvgIpc) is 3.47. The third-order valence-corrected chi connectivity index (χ3v) is 6.41. The maximum Gasteiger partial charge on any atom is 0.335 e. The van der Waals surface area contributed by atoms with Crippen molar-refractivity contribution >= 4 is 28.4 Å². The van der Waals surface area contributed by atoms with Gasteiger partial charge < -0.3 is 10.1 Å². The molecule has 0 spiro atoms. The van der Waals surface area contributed by atoms with Crippen LogP contribution in [-0.4, -0.2) is 32.8 Å². The third kappa shape index (κ3) is 4.42. The fourth-order valence-electron chi connectivity index (χ4n) is 3.78. The summed E-state index contributed by atoms with van der Waals surface area (Å²) >= 11 is 1.71. The van der Waals surface area contributed by atoms with Gasteiger partial charge in [-0.1, -0.05) is 24.3 Å². The van der Waals surface area contributed by atoms with Crippen molar-refractivity contribution in [2.45, 2.75) is 13.0 Å². The molecule has 0 saturated carbocycles. The molecule has 2 aromatic carbocycles. The van der Waals surface area contributed by atoms with Crippen molar-refractivity contribution < 1.29 is 9.13 Å². The normalized spacial score (nSPS) is 11.1. The molecule has 5 rings (SSSR count). The largest absolute Gasteiger partial charge is 0.497 e. The summed E-state index contributed by atoms with van der Waals surface area (Å²) in [4.78, 5) is 24.0. The highest BCUT2D eigenvalue weighted by Gasteiger charge is 2.18. The molecule has 0 radical (unpaired) electrons. The van der Waals surface area contributed by atoms with Gasteiger partial charge in [0.2, 0.25) is 5.95 Å². The number of thiophene rings is 1. The zero-order valence-electron chi connectivity index (χ0n) is 18.4. The fraction of sp³-hybridized carbons (Fsp3) is 0.160. The number of aromatic nitrogens is 4. The van der Waals surface area contributed by atoms with Crippen LogP contribution >= 0.6 is 11.3 Å². The van der Waals surface area contributed by atoms with Crippen LogP contribution in [0.5, 0.6) is 5.75 Å². The van der Waals surface area contributed by atoms with Gasteiger partial charge in [-0.3, -0.25) is 4.57 Å². The van der Waals surface area contributed by atoms with Gasteiger partial charge in [0.25, 0.3) is 0 Å². The lowest BCUT2D eigenvalue weighted by Gasteiger charge is -2.07. The molecule has 0 saturated heterocycles. The molecule has 0 atom stereocenters. The summed E-state index contributed by atoms with van der Waals surface area (Å²) in [6.07, 6.45) is 2.50. The second kappa shape index (κ2) is 9.48. The number of hydrogen-bond donors (Lipinski definition) is 1. The predicted molar refractivity (Wildman–Crippen MR) is 132 cm³/mol. The highest BCUT2D eigenvalue weighted by atomic mass is 32.1. The monoisotopic (exact) mass is 475 g/mol. The van der Waals surface area contributed by atoms with Gasteiger partial charge in [-0.05, 0) is 47.7 Å². The lowest BCUT2D eigenvalue weighted by molar-refractivity contribution is 0.414. The highest BCUT2D eigenvalue weighted by Crippen LogP contribution is 2.21. The van der Waals surface area contributed by atoms with E-state index < -0.39 is 0 Å². The Morgan fingerprint density at radius 3 is 2.74 bits per heavy atom. The van der Waals surface area contributed by atoms with Gasteiger partial charge in [-0.15, -0.1) is 11.3 Å². The summed E-state index contributed by atoms with van der Waals surface area (Å²) in [6.45, 7) is 0.937. The van der Waals surface area contributed by atoms with E-state index in [-0.39, 0.29) is 18.1 Å². The molecule has 0 aliphatic rings. The van der Waals surface area contributed by atoms with E-state index in [1.165, 1.54) is 17.0 Å². The van der Waals surface area contributed by atoms with Crippen LogP contribution in [-0.2, 0) is 13.0 Å². The molecule has 7 nitrogen and oxygen atoms in total. The molecule has 0 unspecified atom stereocenters. The molecule has 0 amide bonds. The number of methoxy groups -OCH3 is 1. The van der Waals surface area contributed by atoms with Crippen LogP contribution in [0.4, 0.5) is 10.3 Å². The number of anilines is 1. The van der Waals surface area contributed by atoms with Crippen molar-refractivity contribution in [1.82, 2.24) is 19.1 Å². The predicted octanol–water partition coefficient (Wildman–Crippen LogP) is 4.49. The quantitative estimate of drug-likeness (QED) is 0.358. The van der Waals surface area contributed by atoms with Crippen molar-refractivity contribution in [3.8, 4) is 11.4 Å². The topological polar surface area (TPSA) is 74.0 Å². The summed E-state index contributed by atoms with van der Waals surface area (Å²) in [7, 11) is 1.58. The maximum absolute atomic E-state index is 13.6. The number of nitrogens with one attached hydrogen (secondary N) is 1. The minimum absolute atomic E-state index is 0.265. The van der Waals surface area contributed by atoms with Crippen molar-refractivity contribution in [3.05, 3.63) is 99.0 Å². The highest BCUT2D eigenvalue weighted by molar-refractivity contribution is 7.09. The van der Waals surface area contributed by atoms with Crippen LogP contribution in [0, 0.1) is 5.82 Å². The Hall–Kier alpha value is -3.98. The van der Waals surface area contributed by atoms with Crippen LogP contribution in [0.25, 0.3) is 16.9 Å². The second-order valence-corrected chi connectivity index (χ2v) is 8.72. The van der Waals surface area contributed by atoms with Crippen molar-refractivity contribution in [1.29, 1.82) is 0 Å². The van der Waals surface area contributed by atoms with Crippen LogP contribution in [0.1, 0.15) is 10.4 Å². The number of benzene rings is 2. The molecule has 5 aromatic rings.